The minimum Gasteiger partial charge on any atom is -0.309 e. The summed E-state index contributed by atoms with van der Waals surface area (Å²) in [5, 5.41) is 3.39. The van der Waals surface area contributed by atoms with Crippen molar-refractivity contribution in [3.63, 3.8) is 0 Å². The largest absolute Gasteiger partial charge is 0.309 e. The predicted octanol–water partition coefficient (Wildman–Crippen LogP) is 4.37. The summed E-state index contributed by atoms with van der Waals surface area (Å²) < 4.78 is 1.13. The van der Waals surface area contributed by atoms with Gasteiger partial charge in [-0.3, -0.25) is 0 Å². The molecule has 1 unspecified atom stereocenters. The molecule has 2 rings (SSSR count). The zero-order valence-electron chi connectivity index (χ0n) is 11.0. The first-order valence-electron chi connectivity index (χ1n) is 6.11. The quantitative estimate of drug-likeness (QED) is 0.887. The highest BCUT2D eigenvalue weighted by molar-refractivity contribution is 9.10. The normalized spacial score (nSPS) is 12.4. The third kappa shape index (κ3) is 3.01. The lowest BCUT2D eigenvalue weighted by Gasteiger charge is -2.18. The molecule has 0 saturated heterocycles. The SMILES string of the molecule is CNC(c1ccc(C)cc1)c1cc(C)cc(Br)c1. The van der Waals surface area contributed by atoms with Crippen LogP contribution in [-0.4, -0.2) is 7.05 Å². The molecule has 0 saturated carbocycles. The standard InChI is InChI=1S/C16H18BrN/c1-11-4-6-13(7-5-11)16(18-3)14-8-12(2)9-15(17)10-14/h4-10,16,18H,1-3H3. The maximum absolute atomic E-state index is 3.57. The summed E-state index contributed by atoms with van der Waals surface area (Å²) in [7, 11) is 2.00. The molecule has 2 aromatic carbocycles. The Hall–Kier alpha value is -1.12. The van der Waals surface area contributed by atoms with E-state index in [1.54, 1.807) is 0 Å². The van der Waals surface area contributed by atoms with E-state index in [2.05, 4.69) is 77.6 Å². The van der Waals surface area contributed by atoms with Crippen molar-refractivity contribution in [2.45, 2.75) is 19.9 Å². The molecule has 1 nitrogen and oxygen atoms in total. The Kier molecular flexibility index (Phi) is 4.20. The molecule has 94 valence electrons. The molecule has 1 N–H and O–H groups in total. The Morgan fingerprint density at radius 3 is 2.11 bits per heavy atom. The van der Waals surface area contributed by atoms with Gasteiger partial charge in [-0.25, -0.2) is 0 Å². The number of nitrogens with one attached hydrogen (secondary N) is 1. The van der Waals surface area contributed by atoms with Gasteiger partial charge >= 0.3 is 0 Å². The Morgan fingerprint density at radius 2 is 1.56 bits per heavy atom. The first-order chi connectivity index (χ1) is 8.60. The molecule has 0 aliphatic heterocycles. The van der Waals surface area contributed by atoms with E-state index in [1.807, 2.05) is 7.05 Å². The Labute approximate surface area is 117 Å². The molecule has 18 heavy (non-hydrogen) atoms. The second-order valence-electron chi connectivity index (χ2n) is 4.69. The van der Waals surface area contributed by atoms with E-state index in [-0.39, 0.29) is 6.04 Å². The maximum atomic E-state index is 3.57. The fourth-order valence-corrected chi connectivity index (χ4v) is 2.84. The van der Waals surface area contributed by atoms with Crippen LogP contribution in [0.4, 0.5) is 0 Å². The van der Waals surface area contributed by atoms with Gasteiger partial charge in [0, 0.05) is 4.47 Å². The van der Waals surface area contributed by atoms with Crippen LogP contribution in [0.15, 0.2) is 46.9 Å². The van der Waals surface area contributed by atoms with Gasteiger partial charge in [0.05, 0.1) is 6.04 Å². The Morgan fingerprint density at radius 1 is 0.889 bits per heavy atom. The van der Waals surface area contributed by atoms with Gasteiger partial charge in [-0.2, -0.15) is 0 Å². The highest BCUT2D eigenvalue weighted by atomic mass is 79.9. The van der Waals surface area contributed by atoms with Crippen LogP contribution in [0.25, 0.3) is 0 Å². The fourth-order valence-electron chi connectivity index (χ4n) is 2.22. The fraction of sp³-hybridized carbons (Fsp3) is 0.250. The summed E-state index contributed by atoms with van der Waals surface area (Å²) in [4.78, 5) is 0. The second-order valence-corrected chi connectivity index (χ2v) is 5.61. The Bertz CT molecular complexity index is 511. The molecule has 0 amide bonds. The summed E-state index contributed by atoms with van der Waals surface area (Å²) in [6.45, 7) is 4.23. The highest BCUT2D eigenvalue weighted by Gasteiger charge is 2.12. The number of hydrogen-bond donors (Lipinski definition) is 1. The van der Waals surface area contributed by atoms with Crippen LogP contribution in [0, 0.1) is 13.8 Å². The molecule has 0 aromatic heterocycles. The first-order valence-corrected chi connectivity index (χ1v) is 6.90. The minimum atomic E-state index is 0.238. The summed E-state index contributed by atoms with van der Waals surface area (Å²) in [5.41, 5.74) is 5.14. The zero-order valence-corrected chi connectivity index (χ0v) is 12.6. The van der Waals surface area contributed by atoms with Crippen LogP contribution in [0.1, 0.15) is 28.3 Å². The lowest BCUT2D eigenvalue weighted by molar-refractivity contribution is 0.690. The average Bonchev–Trinajstić information content (AvgIpc) is 2.31. The Balaban J connectivity index is 2.41. The van der Waals surface area contributed by atoms with Crippen molar-refractivity contribution in [1.29, 1.82) is 0 Å². The van der Waals surface area contributed by atoms with Crippen molar-refractivity contribution >= 4 is 15.9 Å². The average molecular weight is 304 g/mol. The van der Waals surface area contributed by atoms with Crippen molar-refractivity contribution in [2.24, 2.45) is 0 Å². The third-order valence-electron chi connectivity index (χ3n) is 3.10. The molecule has 0 radical (unpaired) electrons. The van der Waals surface area contributed by atoms with Gasteiger partial charge in [-0.15, -0.1) is 0 Å². The van der Waals surface area contributed by atoms with Crippen LogP contribution >= 0.6 is 15.9 Å². The monoisotopic (exact) mass is 303 g/mol. The van der Waals surface area contributed by atoms with Crippen LogP contribution in [0.5, 0.6) is 0 Å². The molecular formula is C16H18BrN. The van der Waals surface area contributed by atoms with Gasteiger partial charge in [0.2, 0.25) is 0 Å². The summed E-state index contributed by atoms with van der Waals surface area (Å²) in [6.07, 6.45) is 0. The van der Waals surface area contributed by atoms with Crippen molar-refractivity contribution in [1.82, 2.24) is 5.32 Å². The lowest BCUT2D eigenvalue weighted by atomic mass is 9.97. The predicted molar refractivity (Wildman–Crippen MR) is 81.0 cm³/mol. The minimum absolute atomic E-state index is 0.238. The summed E-state index contributed by atoms with van der Waals surface area (Å²) in [5.74, 6) is 0. The maximum Gasteiger partial charge on any atom is 0.0574 e. The number of benzene rings is 2. The zero-order chi connectivity index (χ0) is 13.1. The topological polar surface area (TPSA) is 12.0 Å². The van der Waals surface area contributed by atoms with E-state index < -0.39 is 0 Å². The van der Waals surface area contributed by atoms with E-state index in [0.717, 1.165) is 4.47 Å². The molecule has 0 aliphatic carbocycles. The van der Waals surface area contributed by atoms with Gasteiger partial charge in [0.1, 0.15) is 0 Å². The molecule has 0 aliphatic rings. The molecule has 2 aromatic rings. The third-order valence-corrected chi connectivity index (χ3v) is 3.55. The molecule has 0 fully saturated rings. The molecule has 0 bridgehead atoms. The summed E-state index contributed by atoms with van der Waals surface area (Å²) >= 11 is 3.57. The van der Waals surface area contributed by atoms with E-state index in [4.69, 9.17) is 0 Å². The van der Waals surface area contributed by atoms with Crippen LogP contribution in [0.3, 0.4) is 0 Å². The smallest absolute Gasteiger partial charge is 0.0574 e. The molecular weight excluding hydrogens is 286 g/mol. The van der Waals surface area contributed by atoms with Gasteiger partial charge in [0.15, 0.2) is 0 Å². The van der Waals surface area contributed by atoms with Crippen molar-refractivity contribution in [3.8, 4) is 0 Å². The van der Waals surface area contributed by atoms with Crippen LogP contribution in [0.2, 0.25) is 0 Å². The first kappa shape index (κ1) is 13.3. The van der Waals surface area contributed by atoms with Crippen molar-refractivity contribution in [3.05, 3.63) is 69.2 Å². The van der Waals surface area contributed by atoms with Gasteiger partial charge < -0.3 is 5.32 Å². The number of hydrogen-bond acceptors (Lipinski definition) is 1. The van der Waals surface area contributed by atoms with Gasteiger partial charge in [-0.05, 0) is 49.7 Å². The highest BCUT2D eigenvalue weighted by Crippen LogP contribution is 2.26. The van der Waals surface area contributed by atoms with Gasteiger partial charge in [0.25, 0.3) is 0 Å². The molecule has 1 atom stereocenters. The number of halogens is 1. The van der Waals surface area contributed by atoms with E-state index in [0.29, 0.717) is 0 Å². The van der Waals surface area contributed by atoms with E-state index in [9.17, 15) is 0 Å². The summed E-state index contributed by atoms with van der Waals surface area (Å²) in [6, 6.07) is 15.5. The second kappa shape index (κ2) is 5.68. The lowest BCUT2D eigenvalue weighted by Crippen LogP contribution is -2.17. The van der Waals surface area contributed by atoms with Crippen molar-refractivity contribution < 1.29 is 0 Å². The van der Waals surface area contributed by atoms with Crippen molar-refractivity contribution in [2.75, 3.05) is 7.05 Å². The molecule has 0 heterocycles. The van der Waals surface area contributed by atoms with E-state index in [1.165, 1.54) is 22.3 Å². The number of aryl methyl sites for hydroxylation is 2. The number of rotatable bonds is 3. The molecule has 0 spiro atoms. The van der Waals surface area contributed by atoms with Gasteiger partial charge in [-0.1, -0.05) is 51.8 Å². The van der Waals surface area contributed by atoms with E-state index >= 15 is 0 Å². The van der Waals surface area contributed by atoms with Crippen LogP contribution in [-0.2, 0) is 0 Å². The molecule has 2 heteroatoms. The van der Waals surface area contributed by atoms with Crippen LogP contribution < -0.4 is 5.32 Å².